The number of hydrogen-bond acceptors (Lipinski definition) is 7. The van der Waals surface area contributed by atoms with Crippen molar-refractivity contribution in [3.05, 3.63) is 20.8 Å². The van der Waals surface area contributed by atoms with Crippen molar-refractivity contribution in [2.24, 2.45) is 11.8 Å². The monoisotopic (exact) mass is 497 g/mol. The van der Waals surface area contributed by atoms with Crippen molar-refractivity contribution in [3.8, 4) is 0 Å². The molecular weight excluding hydrogens is 466 g/mol. The number of fused-ring (bicyclic) bond motifs is 3. The van der Waals surface area contributed by atoms with Gasteiger partial charge in [-0.3, -0.25) is 14.2 Å². The largest absolute Gasteiger partial charge is 0.341 e. The number of hydrogen-bond donors (Lipinski definition) is 0. The second-order valence-electron chi connectivity index (χ2n) is 9.59. The summed E-state index contributed by atoms with van der Waals surface area (Å²) < 4.78 is 25.3. The molecule has 2 aromatic rings. The first-order chi connectivity index (χ1) is 15.1. The minimum absolute atomic E-state index is 0.000873. The summed E-state index contributed by atoms with van der Waals surface area (Å²) in [4.78, 5) is 34.8. The Balaban J connectivity index is 1.61. The van der Waals surface area contributed by atoms with E-state index in [0.717, 1.165) is 29.5 Å². The second kappa shape index (κ2) is 9.10. The van der Waals surface area contributed by atoms with Crippen LogP contribution in [0.3, 0.4) is 0 Å². The summed E-state index contributed by atoms with van der Waals surface area (Å²) in [5.41, 5.74) is 1.17. The Morgan fingerprint density at radius 1 is 1.34 bits per heavy atom. The summed E-state index contributed by atoms with van der Waals surface area (Å²) >= 11 is 2.90. The van der Waals surface area contributed by atoms with E-state index in [1.165, 1.54) is 22.2 Å². The van der Waals surface area contributed by atoms with Gasteiger partial charge in [-0.2, -0.15) is 0 Å². The molecule has 2 aromatic heterocycles. The maximum absolute atomic E-state index is 13.5. The number of carbonyl (C=O) groups is 1. The number of amides is 1. The molecule has 2 aliphatic rings. The normalized spacial score (nSPS) is 22.4. The van der Waals surface area contributed by atoms with Crippen molar-refractivity contribution in [1.29, 1.82) is 0 Å². The van der Waals surface area contributed by atoms with Gasteiger partial charge in [-0.25, -0.2) is 13.4 Å². The molecule has 7 nitrogen and oxygen atoms in total. The van der Waals surface area contributed by atoms with E-state index in [1.54, 1.807) is 27.9 Å². The van der Waals surface area contributed by atoms with E-state index in [4.69, 9.17) is 4.98 Å². The van der Waals surface area contributed by atoms with Gasteiger partial charge in [-0.05, 0) is 43.1 Å². The zero-order valence-corrected chi connectivity index (χ0v) is 21.5. The van der Waals surface area contributed by atoms with E-state index in [2.05, 4.69) is 20.8 Å². The minimum Gasteiger partial charge on any atom is -0.341 e. The van der Waals surface area contributed by atoms with Crippen molar-refractivity contribution in [1.82, 2.24) is 14.5 Å². The Hall–Kier alpha value is -1.39. The first-order valence-electron chi connectivity index (χ1n) is 11.2. The number of thioether (sulfide) groups is 1. The highest BCUT2D eigenvalue weighted by atomic mass is 32.2. The standard InChI is InChI=1S/C22H31N3O4S3/c1-13(2)10-25-21(27)19-16-6-5-14(3)9-17(16)31-20(19)23-22(25)30-11-18(26)24(4)15-7-8-32(28,29)12-15/h13-15H,5-12H2,1-4H3. The lowest BCUT2D eigenvalue weighted by molar-refractivity contribution is -0.128. The number of aromatic nitrogens is 2. The Morgan fingerprint density at radius 3 is 2.75 bits per heavy atom. The molecule has 32 heavy (non-hydrogen) atoms. The molecule has 4 rings (SSSR count). The van der Waals surface area contributed by atoms with Gasteiger partial charge in [0.2, 0.25) is 5.91 Å². The molecule has 2 unspecified atom stereocenters. The topological polar surface area (TPSA) is 89.3 Å². The van der Waals surface area contributed by atoms with Gasteiger partial charge in [-0.15, -0.1) is 11.3 Å². The molecule has 0 spiro atoms. The Labute approximate surface area is 197 Å². The average Bonchev–Trinajstić information content (AvgIpc) is 3.26. The van der Waals surface area contributed by atoms with E-state index in [1.807, 2.05) is 0 Å². The molecule has 1 aliphatic carbocycles. The first kappa shape index (κ1) is 23.8. The Morgan fingerprint density at radius 2 is 2.09 bits per heavy atom. The third-order valence-corrected chi connectivity index (χ3v) is 10.3. The lowest BCUT2D eigenvalue weighted by atomic mass is 9.89. The van der Waals surface area contributed by atoms with Gasteiger partial charge in [0.15, 0.2) is 15.0 Å². The van der Waals surface area contributed by atoms with Gasteiger partial charge >= 0.3 is 0 Å². The highest BCUT2D eigenvalue weighted by Crippen LogP contribution is 2.36. The molecule has 3 heterocycles. The van der Waals surface area contributed by atoms with Crippen molar-refractivity contribution in [2.45, 2.75) is 64.2 Å². The molecule has 1 amide bonds. The van der Waals surface area contributed by atoms with E-state index in [9.17, 15) is 18.0 Å². The molecule has 10 heteroatoms. The Kier molecular flexibility index (Phi) is 6.76. The lowest BCUT2D eigenvalue weighted by Crippen LogP contribution is -2.39. The minimum atomic E-state index is -3.05. The smallest absolute Gasteiger partial charge is 0.263 e. The summed E-state index contributed by atoms with van der Waals surface area (Å²) in [6.45, 7) is 6.93. The van der Waals surface area contributed by atoms with Gasteiger partial charge in [0, 0.05) is 24.5 Å². The molecule has 2 atom stereocenters. The number of sulfone groups is 1. The summed E-state index contributed by atoms with van der Waals surface area (Å²) in [5.74, 6) is 1.04. The number of nitrogens with zero attached hydrogens (tertiary/aromatic N) is 3. The summed E-state index contributed by atoms with van der Waals surface area (Å²) in [6, 6.07) is -0.271. The second-order valence-corrected chi connectivity index (χ2v) is 13.8. The highest BCUT2D eigenvalue weighted by Gasteiger charge is 2.33. The number of rotatable bonds is 6. The molecule has 0 saturated carbocycles. The van der Waals surface area contributed by atoms with Crippen molar-refractivity contribution in [2.75, 3.05) is 24.3 Å². The van der Waals surface area contributed by atoms with Crippen LogP contribution in [0.25, 0.3) is 10.2 Å². The maximum Gasteiger partial charge on any atom is 0.263 e. The van der Waals surface area contributed by atoms with Crippen LogP contribution in [-0.2, 0) is 34.0 Å². The van der Waals surface area contributed by atoms with Gasteiger partial charge in [0.25, 0.3) is 5.56 Å². The van der Waals surface area contributed by atoms with Crippen LogP contribution in [0.1, 0.15) is 44.1 Å². The van der Waals surface area contributed by atoms with Crippen LogP contribution in [0.5, 0.6) is 0 Å². The molecule has 176 valence electrons. The predicted octanol–water partition coefficient (Wildman–Crippen LogP) is 2.98. The van der Waals surface area contributed by atoms with E-state index in [0.29, 0.717) is 24.0 Å². The quantitative estimate of drug-likeness (QED) is 0.450. The summed E-state index contributed by atoms with van der Waals surface area (Å²) in [7, 11) is -1.39. The fourth-order valence-electron chi connectivity index (χ4n) is 4.55. The fraction of sp³-hybridized carbons (Fsp3) is 0.682. The number of thiophene rings is 1. The molecule has 0 radical (unpaired) electrons. The summed E-state index contributed by atoms with van der Waals surface area (Å²) in [6.07, 6.45) is 3.50. The molecule has 0 N–H and O–H groups in total. The molecule has 1 fully saturated rings. The van der Waals surface area contributed by atoms with Crippen LogP contribution in [0.4, 0.5) is 0 Å². The van der Waals surface area contributed by atoms with Crippen LogP contribution < -0.4 is 5.56 Å². The molecule has 0 bridgehead atoms. The third-order valence-electron chi connectivity index (χ3n) is 6.40. The van der Waals surface area contributed by atoms with Crippen molar-refractivity contribution >= 4 is 49.1 Å². The third kappa shape index (κ3) is 4.77. The maximum atomic E-state index is 13.5. The van der Waals surface area contributed by atoms with E-state index >= 15 is 0 Å². The summed E-state index contributed by atoms with van der Waals surface area (Å²) in [5, 5.41) is 1.34. The van der Waals surface area contributed by atoms with Crippen LogP contribution in [0.15, 0.2) is 9.95 Å². The lowest BCUT2D eigenvalue weighted by Gasteiger charge is -2.23. The molecular formula is C22H31N3O4S3. The zero-order chi connectivity index (χ0) is 23.2. The number of carbonyl (C=O) groups excluding carboxylic acids is 1. The molecule has 1 saturated heterocycles. The van der Waals surface area contributed by atoms with Gasteiger partial charge in [0.1, 0.15) is 4.83 Å². The van der Waals surface area contributed by atoms with Crippen molar-refractivity contribution < 1.29 is 13.2 Å². The molecule has 1 aliphatic heterocycles. The SMILES string of the molecule is CC(C)Cn1c(SCC(=O)N(C)C2CCS(=O)(=O)C2)nc2sc3c(c2c1=O)CCC(C)C3. The van der Waals surface area contributed by atoms with Gasteiger partial charge < -0.3 is 4.90 Å². The van der Waals surface area contributed by atoms with E-state index in [-0.39, 0.29) is 40.7 Å². The van der Waals surface area contributed by atoms with Crippen LogP contribution in [-0.4, -0.2) is 59.1 Å². The highest BCUT2D eigenvalue weighted by molar-refractivity contribution is 7.99. The predicted molar refractivity (Wildman–Crippen MR) is 130 cm³/mol. The van der Waals surface area contributed by atoms with Crippen LogP contribution >= 0.6 is 23.1 Å². The van der Waals surface area contributed by atoms with Crippen LogP contribution in [0, 0.1) is 11.8 Å². The van der Waals surface area contributed by atoms with Crippen molar-refractivity contribution in [3.63, 3.8) is 0 Å². The van der Waals surface area contributed by atoms with Crippen LogP contribution in [0.2, 0.25) is 0 Å². The molecule has 0 aromatic carbocycles. The van der Waals surface area contributed by atoms with Gasteiger partial charge in [0.05, 0.1) is 22.6 Å². The number of aryl methyl sites for hydroxylation is 1. The van der Waals surface area contributed by atoms with E-state index < -0.39 is 9.84 Å². The van der Waals surface area contributed by atoms with Gasteiger partial charge in [-0.1, -0.05) is 32.5 Å². The average molecular weight is 498 g/mol. The first-order valence-corrected chi connectivity index (χ1v) is 14.8. The Bertz CT molecular complexity index is 1200. The zero-order valence-electron chi connectivity index (χ0n) is 19.1. The fourth-order valence-corrected chi connectivity index (χ4v) is 8.68.